The Balaban J connectivity index is 2.89. The highest BCUT2D eigenvalue weighted by Gasteiger charge is 2.18. The molecular weight excluding hydrogens is 312 g/mol. The second-order valence-corrected chi connectivity index (χ2v) is 7.96. The number of hydrogen-bond acceptors (Lipinski definition) is 3. The van der Waals surface area contributed by atoms with Crippen LogP contribution in [-0.2, 0) is 9.47 Å². The van der Waals surface area contributed by atoms with Gasteiger partial charge in [-0.15, -0.1) is 0 Å². The second kappa shape index (κ2) is 10.2. The highest BCUT2D eigenvalue weighted by atomic mass is 16.7. The van der Waals surface area contributed by atoms with Crippen molar-refractivity contribution in [3.8, 4) is 5.75 Å². The van der Waals surface area contributed by atoms with E-state index in [1.54, 1.807) is 0 Å². The molecule has 25 heavy (non-hydrogen) atoms. The molecule has 0 aliphatic carbocycles. The van der Waals surface area contributed by atoms with Crippen LogP contribution in [0.5, 0.6) is 5.75 Å². The molecule has 0 saturated heterocycles. The molecule has 1 atom stereocenters. The predicted octanol–water partition coefficient (Wildman–Crippen LogP) is 6.22. The van der Waals surface area contributed by atoms with E-state index in [4.69, 9.17) is 14.2 Å². The molecule has 0 bridgehead atoms. The lowest BCUT2D eigenvalue weighted by atomic mass is 9.88. The van der Waals surface area contributed by atoms with E-state index in [9.17, 15) is 0 Å². The summed E-state index contributed by atoms with van der Waals surface area (Å²) < 4.78 is 17.5. The Morgan fingerprint density at radius 1 is 0.720 bits per heavy atom. The van der Waals surface area contributed by atoms with Gasteiger partial charge in [-0.1, -0.05) is 53.7 Å². The van der Waals surface area contributed by atoms with Gasteiger partial charge in [0.05, 0.1) is 12.7 Å². The molecule has 0 radical (unpaired) electrons. The van der Waals surface area contributed by atoms with Gasteiger partial charge in [-0.3, -0.25) is 0 Å². The van der Waals surface area contributed by atoms with Crippen LogP contribution in [0.1, 0.15) is 96.8 Å². The summed E-state index contributed by atoms with van der Waals surface area (Å²) in [5, 5.41) is 0. The average Bonchev–Trinajstić information content (AvgIpc) is 2.49. The van der Waals surface area contributed by atoms with Crippen molar-refractivity contribution < 1.29 is 14.2 Å². The van der Waals surface area contributed by atoms with Crippen LogP contribution in [0.3, 0.4) is 0 Å². The Hall–Kier alpha value is -1.06. The normalized spacial score (nSPS) is 13.3. The molecule has 0 aromatic heterocycles. The first-order valence-corrected chi connectivity index (χ1v) is 9.71. The fourth-order valence-corrected chi connectivity index (χ4v) is 2.84. The summed E-state index contributed by atoms with van der Waals surface area (Å²) in [6.45, 7) is 20.4. The van der Waals surface area contributed by atoms with Gasteiger partial charge in [-0.25, -0.2) is 0 Å². The van der Waals surface area contributed by atoms with E-state index in [2.05, 4.69) is 53.7 Å². The van der Waals surface area contributed by atoms with Gasteiger partial charge < -0.3 is 14.2 Å². The third-order valence-corrected chi connectivity index (χ3v) is 4.23. The quantitative estimate of drug-likeness (QED) is 0.370. The number of benzene rings is 1. The van der Waals surface area contributed by atoms with Crippen LogP contribution >= 0.6 is 0 Å². The van der Waals surface area contributed by atoms with Gasteiger partial charge in [0.2, 0.25) is 0 Å². The van der Waals surface area contributed by atoms with Gasteiger partial charge in [0.1, 0.15) is 12.4 Å². The van der Waals surface area contributed by atoms with E-state index >= 15 is 0 Å². The van der Waals surface area contributed by atoms with Crippen LogP contribution in [0.15, 0.2) is 12.1 Å². The lowest BCUT2D eigenvalue weighted by Gasteiger charge is -2.23. The third-order valence-electron chi connectivity index (χ3n) is 4.23. The summed E-state index contributed by atoms with van der Waals surface area (Å²) in [4.78, 5) is 0. The highest BCUT2D eigenvalue weighted by molar-refractivity contribution is 5.48. The molecule has 3 nitrogen and oxygen atoms in total. The lowest BCUT2D eigenvalue weighted by molar-refractivity contribution is -0.154. The minimum atomic E-state index is -0.207. The highest BCUT2D eigenvalue weighted by Crippen LogP contribution is 2.37. The molecule has 1 aromatic carbocycles. The SMILES string of the molecule is CC(C)OC(C)OCCOc1c(C(C)C)cc(C(C)C)cc1C(C)C. The van der Waals surface area contributed by atoms with Gasteiger partial charge in [-0.2, -0.15) is 0 Å². The lowest BCUT2D eigenvalue weighted by Crippen LogP contribution is -2.21. The minimum absolute atomic E-state index is 0.166. The number of ether oxygens (including phenoxy) is 3. The third kappa shape index (κ3) is 6.99. The first kappa shape index (κ1) is 22.0. The van der Waals surface area contributed by atoms with Crippen molar-refractivity contribution in [2.75, 3.05) is 13.2 Å². The van der Waals surface area contributed by atoms with Crippen LogP contribution in [0.4, 0.5) is 0 Å². The van der Waals surface area contributed by atoms with Gasteiger partial charge in [0.15, 0.2) is 6.29 Å². The zero-order valence-corrected chi connectivity index (χ0v) is 17.7. The van der Waals surface area contributed by atoms with Crippen LogP contribution in [0, 0.1) is 0 Å². The molecule has 0 heterocycles. The van der Waals surface area contributed by atoms with E-state index in [0.29, 0.717) is 31.0 Å². The summed E-state index contributed by atoms with van der Waals surface area (Å²) in [5.41, 5.74) is 3.97. The summed E-state index contributed by atoms with van der Waals surface area (Å²) in [6, 6.07) is 4.61. The smallest absolute Gasteiger partial charge is 0.155 e. The Kier molecular flexibility index (Phi) is 8.95. The van der Waals surface area contributed by atoms with E-state index in [0.717, 1.165) is 5.75 Å². The van der Waals surface area contributed by atoms with Gasteiger partial charge >= 0.3 is 0 Å². The Morgan fingerprint density at radius 3 is 1.64 bits per heavy atom. The van der Waals surface area contributed by atoms with Crippen molar-refractivity contribution in [2.24, 2.45) is 0 Å². The predicted molar refractivity (Wildman–Crippen MR) is 106 cm³/mol. The number of hydrogen-bond donors (Lipinski definition) is 0. The van der Waals surface area contributed by atoms with Crippen molar-refractivity contribution in [1.82, 2.24) is 0 Å². The molecule has 0 aliphatic heterocycles. The zero-order valence-electron chi connectivity index (χ0n) is 17.7. The summed E-state index contributed by atoms with van der Waals surface area (Å²) in [5.74, 6) is 2.41. The van der Waals surface area contributed by atoms with Crippen molar-refractivity contribution in [2.45, 2.75) is 92.5 Å². The van der Waals surface area contributed by atoms with E-state index < -0.39 is 0 Å². The fourth-order valence-electron chi connectivity index (χ4n) is 2.84. The van der Waals surface area contributed by atoms with Crippen molar-refractivity contribution in [3.05, 3.63) is 28.8 Å². The van der Waals surface area contributed by atoms with Crippen LogP contribution in [-0.4, -0.2) is 25.6 Å². The van der Waals surface area contributed by atoms with E-state index in [1.807, 2.05) is 20.8 Å². The zero-order chi connectivity index (χ0) is 19.1. The molecule has 0 fully saturated rings. The molecular formula is C22H38O3. The molecule has 1 unspecified atom stereocenters. The molecule has 0 aliphatic rings. The molecule has 0 amide bonds. The molecule has 144 valence electrons. The first-order valence-electron chi connectivity index (χ1n) is 9.71. The summed E-state index contributed by atoms with van der Waals surface area (Å²) in [6.07, 6.45) is -0.0411. The fraction of sp³-hybridized carbons (Fsp3) is 0.727. The molecule has 0 saturated carbocycles. The van der Waals surface area contributed by atoms with Crippen LogP contribution in [0.25, 0.3) is 0 Å². The Labute approximate surface area is 155 Å². The topological polar surface area (TPSA) is 27.7 Å². The average molecular weight is 351 g/mol. The number of rotatable bonds is 10. The molecule has 0 N–H and O–H groups in total. The molecule has 1 rings (SSSR count). The maximum atomic E-state index is 6.20. The minimum Gasteiger partial charge on any atom is -0.491 e. The van der Waals surface area contributed by atoms with Crippen molar-refractivity contribution >= 4 is 0 Å². The molecule has 1 aromatic rings. The maximum Gasteiger partial charge on any atom is 0.155 e. The van der Waals surface area contributed by atoms with Gasteiger partial charge in [-0.05, 0) is 55.2 Å². The summed E-state index contributed by atoms with van der Waals surface area (Å²) >= 11 is 0. The maximum absolute atomic E-state index is 6.20. The van der Waals surface area contributed by atoms with E-state index in [-0.39, 0.29) is 12.4 Å². The van der Waals surface area contributed by atoms with E-state index in [1.165, 1.54) is 16.7 Å². The molecule has 0 spiro atoms. The molecule has 3 heteroatoms. The standard InChI is InChI=1S/C22H38O3/c1-14(2)19-12-20(15(3)4)22(21(13-19)16(5)6)24-11-10-23-18(9)25-17(7)8/h12-18H,10-11H2,1-9H3. The summed E-state index contributed by atoms with van der Waals surface area (Å²) in [7, 11) is 0. The first-order chi connectivity index (χ1) is 11.6. The Morgan fingerprint density at radius 2 is 1.24 bits per heavy atom. The van der Waals surface area contributed by atoms with Crippen molar-refractivity contribution in [3.63, 3.8) is 0 Å². The van der Waals surface area contributed by atoms with Crippen LogP contribution in [0.2, 0.25) is 0 Å². The van der Waals surface area contributed by atoms with Crippen molar-refractivity contribution in [1.29, 1.82) is 0 Å². The van der Waals surface area contributed by atoms with Gasteiger partial charge in [0, 0.05) is 0 Å². The van der Waals surface area contributed by atoms with Crippen LogP contribution < -0.4 is 4.74 Å². The largest absolute Gasteiger partial charge is 0.491 e. The second-order valence-electron chi connectivity index (χ2n) is 7.96. The van der Waals surface area contributed by atoms with Gasteiger partial charge in [0.25, 0.3) is 0 Å². The Bertz CT molecular complexity index is 489. The monoisotopic (exact) mass is 350 g/mol.